The van der Waals surface area contributed by atoms with Crippen LogP contribution in [0.4, 0.5) is 0 Å². The van der Waals surface area contributed by atoms with Crippen molar-refractivity contribution in [2.75, 3.05) is 73.6 Å². The average molecular weight is 1370 g/mol. The van der Waals surface area contributed by atoms with Crippen molar-refractivity contribution in [3.63, 3.8) is 0 Å². The molecule has 1 spiro atoms. The number of Topliss-reactive ketones (excluding diaryl/α,β-unsaturated/α-hetero) is 1. The quantitative estimate of drug-likeness (QED) is 0.0696. The summed E-state index contributed by atoms with van der Waals surface area (Å²) in [7, 11) is 4.77. The van der Waals surface area contributed by atoms with Crippen LogP contribution in [0.3, 0.4) is 0 Å². The van der Waals surface area contributed by atoms with Crippen LogP contribution in [0.25, 0.3) is 0 Å². The number of carbonyl (C=O) groups is 1. The zero-order valence-corrected chi connectivity index (χ0v) is 56.4. The first-order valence-electron chi connectivity index (χ1n) is 26.6. The van der Waals surface area contributed by atoms with Gasteiger partial charge in [-0.3, -0.25) is 19.5 Å². The molecule has 11 nitrogen and oxygen atoms in total. The zero-order chi connectivity index (χ0) is 56.4. The zero-order valence-electron chi connectivity index (χ0n) is 46.2. The number of nitrogens with zero attached hydrogens (tertiary/aromatic N) is 4. The number of piperidine rings is 3. The van der Waals surface area contributed by atoms with Crippen LogP contribution in [0.1, 0.15) is 71.9 Å². The van der Waals surface area contributed by atoms with Crippen molar-refractivity contribution in [3.8, 4) is 17.2 Å². The fourth-order valence-corrected chi connectivity index (χ4v) is 11.3. The second-order valence-electron chi connectivity index (χ2n) is 20.8. The number of ketones is 1. The van der Waals surface area contributed by atoms with E-state index in [1.807, 2.05) is 123 Å². The van der Waals surface area contributed by atoms with Gasteiger partial charge >= 0.3 is 51.4 Å². The van der Waals surface area contributed by atoms with Crippen molar-refractivity contribution in [3.05, 3.63) is 189 Å². The van der Waals surface area contributed by atoms with Gasteiger partial charge in [0.05, 0.1) is 17.8 Å². The van der Waals surface area contributed by atoms with Crippen LogP contribution in [-0.2, 0) is 49.0 Å². The van der Waals surface area contributed by atoms with Gasteiger partial charge in [-0.1, -0.05) is 119 Å². The smallest absolute Gasteiger partial charge is 0.857 e. The third-order valence-corrected chi connectivity index (χ3v) is 16.5. The van der Waals surface area contributed by atoms with E-state index in [1.54, 1.807) is 0 Å². The number of ether oxygens (including phenoxy) is 4. The Hall–Kier alpha value is -1.94. The summed E-state index contributed by atoms with van der Waals surface area (Å²) in [4.78, 5) is 20.6. The van der Waals surface area contributed by atoms with Crippen LogP contribution in [0.2, 0.25) is 15.1 Å². The Morgan fingerprint density at radius 2 is 0.850 bits per heavy atom. The maximum absolute atomic E-state index is 11.4. The Labute approximate surface area is 556 Å². The number of aliphatic hydroxyl groups is 1. The first-order chi connectivity index (χ1) is 38.0. The van der Waals surface area contributed by atoms with Crippen molar-refractivity contribution < 1.29 is 85.3 Å². The Bertz CT molecular complexity index is 2840. The van der Waals surface area contributed by atoms with Crippen LogP contribution in [-0.4, -0.2) is 115 Å². The number of hydrogen-bond donors (Lipinski definition) is 1. The summed E-state index contributed by atoms with van der Waals surface area (Å²) in [6.07, 6.45) is 5.16. The molecule has 0 radical (unpaired) electrons. The standard InChI is InChI=1S/C22H28BrClN2O2.C20H21BrClNO2.C19H19BrClNO2.CH3O.K/c1-25(2)16-22(27)9-11-26(12-10-22)14-18-13-19(23)5-8-21(18)28-15-17-3-6-20(24)7-4-17;21-17-3-6-19(24-13-15-1-4-18(22)5-2-15)16(11-17)12-23-9-7-20(8-10-23)14-25-20;20-16-3-6-19(24-13-14-1-4-17(21)5-2-14)15(11-16)12-22-9-7-18(23)8-10-22;1-2;/h3-8,13,27H,9-12,14-16H2,1-2H3;1-6,11H,7-10,12-14H2;1-6,11H,7-10,12-13H2;1H3;/q;;;-1;+1. The molecule has 6 aromatic rings. The molecule has 4 saturated heterocycles. The van der Waals surface area contributed by atoms with Crippen LogP contribution in [0.5, 0.6) is 17.2 Å². The van der Waals surface area contributed by atoms with Gasteiger partial charge in [-0.2, -0.15) is 7.11 Å². The van der Waals surface area contributed by atoms with Gasteiger partial charge in [-0.05, 0) is 147 Å². The number of rotatable bonds is 17. The Kier molecular flexibility index (Phi) is 28.3. The molecule has 6 aromatic carbocycles. The van der Waals surface area contributed by atoms with Crippen molar-refractivity contribution in [2.45, 2.75) is 89.2 Å². The molecule has 0 saturated carbocycles. The normalized spacial score (nSPS) is 16.7. The molecule has 0 aromatic heterocycles. The molecular weight excluding hydrogens is 1300 g/mol. The van der Waals surface area contributed by atoms with E-state index in [9.17, 15) is 9.90 Å². The number of carbonyl (C=O) groups excluding carboxylic acids is 1. The summed E-state index contributed by atoms with van der Waals surface area (Å²) in [5.74, 6) is 3.08. The van der Waals surface area contributed by atoms with Crippen LogP contribution < -0.4 is 70.7 Å². The monoisotopic (exact) mass is 1360 g/mol. The van der Waals surface area contributed by atoms with Gasteiger partial charge in [0.25, 0.3) is 0 Å². The summed E-state index contributed by atoms with van der Waals surface area (Å²) in [6, 6.07) is 41.6. The first kappa shape index (κ1) is 67.2. The molecule has 1 N–H and O–H groups in total. The van der Waals surface area contributed by atoms with Crippen LogP contribution in [0.15, 0.2) is 141 Å². The topological polar surface area (TPSA) is 114 Å². The minimum atomic E-state index is -0.578. The third-order valence-electron chi connectivity index (χ3n) is 14.3. The van der Waals surface area contributed by atoms with Crippen molar-refractivity contribution in [1.82, 2.24) is 19.6 Å². The Balaban J connectivity index is 0.000000190. The number of halogens is 6. The minimum Gasteiger partial charge on any atom is -0.857 e. The Morgan fingerprint density at radius 1 is 0.537 bits per heavy atom. The number of epoxide rings is 1. The molecular formula is C62H71Br3Cl3KN4O7. The molecule has 424 valence electrons. The predicted octanol–water partition coefficient (Wildman–Crippen LogP) is 10.4. The molecule has 18 heteroatoms. The molecule has 0 atom stereocenters. The van der Waals surface area contributed by atoms with Crippen molar-refractivity contribution >= 4 is 88.4 Å². The van der Waals surface area contributed by atoms with Crippen molar-refractivity contribution in [1.29, 1.82) is 0 Å². The maximum atomic E-state index is 11.4. The van der Waals surface area contributed by atoms with Gasteiger partial charge in [0.1, 0.15) is 42.9 Å². The molecule has 4 fully saturated rings. The second kappa shape index (κ2) is 33.7. The van der Waals surface area contributed by atoms with E-state index < -0.39 is 5.60 Å². The molecule has 0 bridgehead atoms. The van der Waals surface area contributed by atoms with Crippen LogP contribution >= 0.6 is 82.6 Å². The van der Waals surface area contributed by atoms with Gasteiger partial charge in [0.15, 0.2) is 0 Å². The van der Waals surface area contributed by atoms with E-state index in [1.165, 1.54) is 5.56 Å². The Morgan fingerprint density at radius 3 is 1.16 bits per heavy atom. The molecule has 4 heterocycles. The molecule has 80 heavy (non-hydrogen) atoms. The number of likely N-dealkylation sites (tertiary alicyclic amines) is 3. The van der Waals surface area contributed by atoms with Crippen LogP contribution in [0, 0.1) is 0 Å². The molecule has 10 rings (SSSR count). The summed E-state index contributed by atoms with van der Waals surface area (Å²) in [5, 5.41) is 21.2. The predicted molar refractivity (Wildman–Crippen MR) is 326 cm³/mol. The fraction of sp³-hybridized carbons (Fsp3) is 0.403. The molecule has 4 aliphatic heterocycles. The maximum Gasteiger partial charge on any atom is 1.00 e. The minimum absolute atomic E-state index is 0. The van der Waals surface area contributed by atoms with Crippen molar-refractivity contribution in [2.24, 2.45) is 0 Å². The van der Waals surface area contributed by atoms with E-state index in [-0.39, 0.29) is 57.0 Å². The summed E-state index contributed by atoms with van der Waals surface area (Å²) >= 11 is 28.5. The van der Waals surface area contributed by atoms with E-state index in [2.05, 4.69) is 85.6 Å². The van der Waals surface area contributed by atoms with E-state index >= 15 is 0 Å². The SMILES string of the molecule is CN(C)CC1(O)CCN(Cc2cc(Br)ccc2OCc2ccc(Cl)cc2)CC1.C[O-].Clc1ccc(COc2ccc(Br)cc2CN2CCC3(CC2)CO3)cc1.O=C1CCN(Cc2cc(Br)ccc2OCc2ccc(Cl)cc2)CC1.[K+]. The summed E-state index contributed by atoms with van der Waals surface area (Å²) < 4.78 is 27.0. The van der Waals surface area contributed by atoms with E-state index in [4.69, 9.17) is 58.9 Å². The molecule has 0 aliphatic carbocycles. The van der Waals surface area contributed by atoms with Gasteiger partial charge < -0.3 is 34.1 Å². The summed E-state index contributed by atoms with van der Waals surface area (Å²) in [5.41, 5.74) is 6.43. The second-order valence-corrected chi connectivity index (χ2v) is 24.9. The van der Waals surface area contributed by atoms with E-state index in [0.717, 1.165) is 172 Å². The van der Waals surface area contributed by atoms with E-state index in [0.29, 0.717) is 45.0 Å². The summed E-state index contributed by atoms with van der Waals surface area (Å²) in [6.45, 7) is 11.3. The number of likely N-dealkylation sites (N-methyl/N-ethyl adjacent to an activating group) is 1. The van der Waals surface area contributed by atoms with Gasteiger partial charge in [-0.25, -0.2) is 0 Å². The largest absolute Gasteiger partial charge is 1.00 e. The number of hydrogen-bond acceptors (Lipinski definition) is 11. The average Bonchev–Trinajstić information content (AvgIpc) is 4.26. The van der Waals surface area contributed by atoms with Gasteiger partial charge in [0, 0.05) is 123 Å². The number of benzene rings is 6. The fourth-order valence-electron chi connectivity index (χ4n) is 9.73. The van der Waals surface area contributed by atoms with Gasteiger partial charge in [-0.15, -0.1) is 0 Å². The molecule has 0 amide bonds. The first-order valence-corrected chi connectivity index (χ1v) is 30.1. The van der Waals surface area contributed by atoms with Gasteiger partial charge in [0.2, 0.25) is 0 Å². The molecule has 4 aliphatic rings. The molecule has 0 unspecified atom stereocenters. The third kappa shape index (κ3) is 22.5.